The minimum Gasteiger partial charge on any atom is -0.320 e. The minimum absolute atomic E-state index is 0.0926. The number of hydrogen-bond donors (Lipinski definition) is 1. The molecule has 0 unspecified atom stereocenters. The van der Waals surface area contributed by atoms with Crippen LogP contribution in [-0.4, -0.2) is 5.54 Å². The maximum absolute atomic E-state index is 13.7. The lowest BCUT2D eigenvalue weighted by Gasteiger charge is -2.23. The van der Waals surface area contributed by atoms with Gasteiger partial charge in [0.05, 0.1) is 5.54 Å². The van der Waals surface area contributed by atoms with Gasteiger partial charge in [-0.2, -0.15) is 8.78 Å². The van der Waals surface area contributed by atoms with Gasteiger partial charge in [0.2, 0.25) is 0 Å². The van der Waals surface area contributed by atoms with Crippen LogP contribution in [0.1, 0.15) is 18.4 Å². The van der Waals surface area contributed by atoms with Crippen molar-refractivity contribution in [2.45, 2.75) is 24.3 Å². The van der Waals surface area contributed by atoms with Crippen LogP contribution in [0.3, 0.4) is 0 Å². The van der Waals surface area contributed by atoms with Crippen LogP contribution in [0.25, 0.3) is 0 Å². The Morgan fingerprint density at radius 3 is 2.50 bits per heavy atom. The highest BCUT2D eigenvalue weighted by atomic mass is 35.5. The highest BCUT2D eigenvalue weighted by molar-refractivity contribution is 6.30. The van der Waals surface area contributed by atoms with E-state index in [4.69, 9.17) is 17.3 Å². The van der Waals surface area contributed by atoms with Crippen LogP contribution in [0.5, 0.6) is 0 Å². The highest BCUT2D eigenvalue weighted by Gasteiger charge is 2.60. The number of nitrogens with two attached hydrogens (primary N) is 1. The van der Waals surface area contributed by atoms with Crippen LogP contribution in [-0.2, 0) is 5.92 Å². The second-order valence-corrected chi connectivity index (χ2v) is 4.18. The summed E-state index contributed by atoms with van der Waals surface area (Å²) in [4.78, 5) is 0. The van der Waals surface area contributed by atoms with E-state index < -0.39 is 11.5 Å². The molecule has 1 fully saturated rings. The molecule has 0 atom stereocenters. The van der Waals surface area contributed by atoms with E-state index >= 15 is 0 Å². The molecule has 0 spiro atoms. The molecule has 1 aromatic rings. The Bertz CT molecular complexity index is 361. The molecule has 14 heavy (non-hydrogen) atoms. The normalized spacial score (nSPS) is 19.4. The average Bonchev–Trinajstić information content (AvgIpc) is 2.85. The molecule has 0 saturated heterocycles. The molecule has 2 N–H and O–H groups in total. The topological polar surface area (TPSA) is 26.0 Å². The van der Waals surface area contributed by atoms with Crippen molar-refractivity contribution in [2.24, 2.45) is 5.73 Å². The van der Waals surface area contributed by atoms with Gasteiger partial charge in [-0.05, 0) is 25.0 Å². The molecule has 0 bridgehead atoms. The van der Waals surface area contributed by atoms with Crippen molar-refractivity contribution in [3.05, 3.63) is 34.9 Å². The molecule has 4 heteroatoms. The molecule has 1 nitrogen and oxygen atoms in total. The van der Waals surface area contributed by atoms with Crippen LogP contribution >= 0.6 is 11.6 Å². The molecule has 1 aliphatic rings. The third kappa shape index (κ3) is 1.41. The van der Waals surface area contributed by atoms with Gasteiger partial charge in [0, 0.05) is 10.6 Å². The summed E-state index contributed by atoms with van der Waals surface area (Å²) in [7, 11) is 0. The van der Waals surface area contributed by atoms with Gasteiger partial charge in [-0.1, -0.05) is 23.7 Å². The number of hydrogen-bond acceptors (Lipinski definition) is 1. The van der Waals surface area contributed by atoms with Crippen molar-refractivity contribution < 1.29 is 8.78 Å². The Morgan fingerprint density at radius 2 is 2.00 bits per heavy atom. The molecule has 0 aliphatic heterocycles. The Morgan fingerprint density at radius 1 is 1.36 bits per heavy atom. The predicted molar refractivity (Wildman–Crippen MR) is 51.5 cm³/mol. The van der Waals surface area contributed by atoms with Crippen LogP contribution < -0.4 is 5.73 Å². The zero-order valence-electron chi connectivity index (χ0n) is 7.43. The van der Waals surface area contributed by atoms with E-state index in [0.717, 1.165) is 0 Å². The van der Waals surface area contributed by atoms with Gasteiger partial charge >= 0.3 is 0 Å². The Balaban J connectivity index is 2.38. The molecule has 0 heterocycles. The summed E-state index contributed by atoms with van der Waals surface area (Å²) in [5, 5.41) is 0.312. The highest BCUT2D eigenvalue weighted by Crippen LogP contribution is 2.51. The fourth-order valence-corrected chi connectivity index (χ4v) is 1.61. The van der Waals surface area contributed by atoms with Crippen LogP contribution in [0.2, 0.25) is 5.02 Å². The average molecular weight is 218 g/mol. The Hall–Kier alpha value is -0.670. The van der Waals surface area contributed by atoms with Crippen molar-refractivity contribution in [1.82, 2.24) is 0 Å². The lowest BCUT2D eigenvalue weighted by atomic mass is 10.00. The first-order valence-corrected chi connectivity index (χ1v) is 4.76. The minimum atomic E-state index is -2.97. The first-order chi connectivity index (χ1) is 6.46. The lowest BCUT2D eigenvalue weighted by Crippen LogP contribution is -2.41. The summed E-state index contributed by atoms with van der Waals surface area (Å²) in [6.07, 6.45) is 0.735. The summed E-state index contributed by atoms with van der Waals surface area (Å²) in [6.45, 7) is 0. The fourth-order valence-electron chi connectivity index (χ4n) is 1.42. The van der Waals surface area contributed by atoms with E-state index in [2.05, 4.69) is 0 Å². The van der Waals surface area contributed by atoms with Gasteiger partial charge in [0.25, 0.3) is 5.92 Å². The number of rotatable bonds is 2. The lowest BCUT2D eigenvalue weighted by molar-refractivity contribution is -0.0421. The van der Waals surface area contributed by atoms with Crippen molar-refractivity contribution in [1.29, 1.82) is 0 Å². The number of halogens is 3. The zero-order valence-corrected chi connectivity index (χ0v) is 8.19. The fraction of sp³-hybridized carbons (Fsp3) is 0.400. The number of alkyl halides is 2. The molecule has 0 aromatic heterocycles. The van der Waals surface area contributed by atoms with E-state index in [1.807, 2.05) is 0 Å². The zero-order chi connectivity index (χ0) is 10.4. The largest absolute Gasteiger partial charge is 0.320 e. The molecule has 76 valence electrons. The van der Waals surface area contributed by atoms with Crippen LogP contribution in [0.4, 0.5) is 8.78 Å². The van der Waals surface area contributed by atoms with E-state index in [1.165, 1.54) is 18.2 Å². The first kappa shape index (κ1) is 9.87. The quantitative estimate of drug-likeness (QED) is 0.810. The SMILES string of the molecule is NC1(C(F)(F)c2cccc(Cl)c2)CC1. The molecular weight excluding hydrogens is 208 g/mol. The van der Waals surface area contributed by atoms with E-state index in [-0.39, 0.29) is 5.56 Å². The van der Waals surface area contributed by atoms with Crippen LogP contribution in [0, 0.1) is 0 Å². The maximum Gasteiger partial charge on any atom is 0.290 e. The summed E-state index contributed by atoms with van der Waals surface area (Å²) < 4.78 is 27.4. The molecule has 1 aliphatic carbocycles. The molecule has 2 rings (SSSR count). The van der Waals surface area contributed by atoms with Gasteiger partial charge in [0.1, 0.15) is 0 Å². The Kier molecular flexibility index (Phi) is 2.05. The molecule has 0 amide bonds. The molecule has 1 aromatic carbocycles. The maximum atomic E-state index is 13.7. The van der Waals surface area contributed by atoms with Crippen LogP contribution in [0.15, 0.2) is 24.3 Å². The third-order valence-electron chi connectivity index (χ3n) is 2.60. The second-order valence-electron chi connectivity index (χ2n) is 3.74. The van der Waals surface area contributed by atoms with Gasteiger partial charge in [-0.25, -0.2) is 0 Å². The van der Waals surface area contributed by atoms with E-state index in [9.17, 15) is 8.78 Å². The van der Waals surface area contributed by atoms with Crippen molar-refractivity contribution in [3.63, 3.8) is 0 Å². The second kappa shape index (κ2) is 2.91. The van der Waals surface area contributed by atoms with Crippen molar-refractivity contribution in [3.8, 4) is 0 Å². The summed E-state index contributed by atoms with van der Waals surface area (Å²) >= 11 is 5.65. The summed E-state index contributed by atoms with van der Waals surface area (Å²) in [5.41, 5.74) is 4.07. The van der Waals surface area contributed by atoms with Gasteiger partial charge in [-0.3, -0.25) is 0 Å². The predicted octanol–water partition coefficient (Wildman–Crippen LogP) is 2.92. The first-order valence-electron chi connectivity index (χ1n) is 4.38. The summed E-state index contributed by atoms with van der Waals surface area (Å²) in [5.74, 6) is -2.97. The smallest absolute Gasteiger partial charge is 0.290 e. The third-order valence-corrected chi connectivity index (χ3v) is 2.84. The molecule has 0 radical (unpaired) electrons. The Labute approximate surface area is 85.9 Å². The molecule has 1 saturated carbocycles. The van der Waals surface area contributed by atoms with Gasteiger partial charge in [0.15, 0.2) is 0 Å². The standard InChI is InChI=1S/C10H10ClF2N/c11-8-3-1-2-7(6-8)10(12,13)9(14)4-5-9/h1-3,6H,4-5,14H2. The van der Waals surface area contributed by atoms with E-state index in [0.29, 0.717) is 17.9 Å². The van der Waals surface area contributed by atoms with Gasteiger partial charge < -0.3 is 5.73 Å². The number of benzene rings is 1. The molecular formula is C10H10ClF2N. The van der Waals surface area contributed by atoms with Crippen molar-refractivity contribution >= 4 is 11.6 Å². The van der Waals surface area contributed by atoms with Crippen molar-refractivity contribution in [2.75, 3.05) is 0 Å². The summed E-state index contributed by atoms with van der Waals surface area (Å²) in [6, 6.07) is 5.71. The van der Waals surface area contributed by atoms with Gasteiger partial charge in [-0.15, -0.1) is 0 Å². The van der Waals surface area contributed by atoms with E-state index in [1.54, 1.807) is 6.07 Å². The monoisotopic (exact) mass is 217 g/mol.